The minimum atomic E-state index is 0.465. The first-order valence-electron chi connectivity index (χ1n) is 7.98. The van der Waals surface area contributed by atoms with E-state index >= 15 is 0 Å². The fourth-order valence-corrected chi connectivity index (χ4v) is 3.00. The van der Waals surface area contributed by atoms with Crippen molar-refractivity contribution in [3.63, 3.8) is 0 Å². The third-order valence-corrected chi connectivity index (χ3v) is 4.30. The fraction of sp³-hybridized carbons (Fsp3) is 0.529. The van der Waals surface area contributed by atoms with Gasteiger partial charge in [0.15, 0.2) is 5.82 Å². The van der Waals surface area contributed by atoms with E-state index < -0.39 is 0 Å². The molecule has 1 aromatic heterocycles. The van der Waals surface area contributed by atoms with Crippen molar-refractivity contribution in [3.05, 3.63) is 35.5 Å². The van der Waals surface area contributed by atoms with Crippen LogP contribution in [0.2, 0.25) is 0 Å². The smallest absolute Gasteiger partial charge is 0.240 e. The molecular formula is C17H23N3O3. The van der Waals surface area contributed by atoms with Gasteiger partial charge in [0, 0.05) is 19.0 Å². The number of ether oxygens (including phenoxy) is 2. The Morgan fingerprint density at radius 2 is 1.96 bits per heavy atom. The molecule has 23 heavy (non-hydrogen) atoms. The topological polar surface area (TPSA) is 60.6 Å². The van der Waals surface area contributed by atoms with E-state index in [-0.39, 0.29) is 0 Å². The van der Waals surface area contributed by atoms with Crippen LogP contribution in [0.1, 0.15) is 36.5 Å². The van der Waals surface area contributed by atoms with Gasteiger partial charge >= 0.3 is 0 Å². The van der Waals surface area contributed by atoms with Crippen LogP contribution in [-0.2, 0) is 13.0 Å². The zero-order valence-electron chi connectivity index (χ0n) is 13.9. The van der Waals surface area contributed by atoms with Crippen molar-refractivity contribution in [2.45, 2.75) is 32.2 Å². The van der Waals surface area contributed by atoms with E-state index in [1.165, 1.54) is 5.56 Å². The molecule has 0 unspecified atom stereocenters. The molecule has 1 saturated heterocycles. The number of likely N-dealkylation sites (tertiary alicyclic amines) is 1. The minimum absolute atomic E-state index is 0.465. The molecule has 1 atom stereocenters. The molecule has 0 radical (unpaired) electrons. The Morgan fingerprint density at radius 3 is 2.57 bits per heavy atom. The summed E-state index contributed by atoms with van der Waals surface area (Å²) in [5, 5.41) is 3.95. The van der Waals surface area contributed by atoms with E-state index in [0.717, 1.165) is 43.3 Å². The molecule has 0 bridgehead atoms. The third kappa shape index (κ3) is 3.64. The lowest BCUT2D eigenvalue weighted by Gasteiger charge is -2.15. The van der Waals surface area contributed by atoms with Crippen LogP contribution in [0.4, 0.5) is 0 Å². The SMILES string of the molecule is CCc1noc(CN2CC[C@H](c3cc(OC)cc(OC)c3)C2)n1. The monoisotopic (exact) mass is 317 g/mol. The Bertz CT molecular complexity index is 634. The van der Waals surface area contributed by atoms with Gasteiger partial charge in [0.1, 0.15) is 11.5 Å². The largest absolute Gasteiger partial charge is 0.497 e. The zero-order chi connectivity index (χ0) is 16.2. The van der Waals surface area contributed by atoms with E-state index in [4.69, 9.17) is 14.0 Å². The maximum atomic E-state index is 5.37. The fourth-order valence-electron chi connectivity index (χ4n) is 3.00. The van der Waals surface area contributed by atoms with Crippen molar-refractivity contribution < 1.29 is 14.0 Å². The zero-order valence-corrected chi connectivity index (χ0v) is 13.9. The highest BCUT2D eigenvalue weighted by atomic mass is 16.5. The number of benzene rings is 1. The molecule has 6 heteroatoms. The van der Waals surface area contributed by atoms with Gasteiger partial charge in [-0.1, -0.05) is 12.1 Å². The molecule has 2 heterocycles. The Kier molecular flexibility index (Phi) is 4.81. The van der Waals surface area contributed by atoms with Crippen molar-refractivity contribution in [2.24, 2.45) is 0 Å². The molecule has 0 amide bonds. The highest BCUT2D eigenvalue weighted by Crippen LogP contribution is 2.33. The summed E-state index contributed by atoms with van der Waals surface area (Å²) in [5.41, 5.74) is 1.25. The van der Waals surface area contributed by atoms with Gasteiger partial charge in [0.2, 0.25) is 5.89 Å². The lowest BCUT2D eigenvalue weighted by atomic mass is 9.98. The summed E-state index contributed by atoms with van der Waals surface area (Å²) in [6.45, 7) is 4.73. The average molecular weight is 317 g/mol. The second-order valence-corrected chi connectivity index (χ2v) is 5.82. The van der Waals surface area contributed by atoms with Crippen LogP contribution >= 0.6 is 0 Å². The molecule has 0 N–H and O–H groups in total. The van der Waals surface area contributed by atoms with E-state index in [1.807, 2.05) is 13.0 Å². The predicted octanol–water partition coefficient (Wildman–Crippen LogP) is 2.64. The van der Waals surface area contributed by atoms with Crippen LogP contribution < -0.4 is 9.47 Å². The molecule has 0 saturated carbocycles. The number of hydrogen-bond donors (Lipinski definition) is 0. The lowest BCUT2D eigenvalue weighted by Crippen LogP contribution is -2.20. The first-order valence-corrected chi connectivity index (χ1v) is 7.98. The van der Waals surface area contributed by atoms with Crippen molar-refractivity contribution in [1.29, 1.82) is 0 Å². The van der Waals surface area contributed by atoms with Gasteiger partial charge in [-0.25, -0.2) is 0 Å². The molecule has 1 aromatic carbocycles. The molecule has 3 rings (SSSR count). The van der Waals surface area contributed by atoms with E-state index in [1.54, 1.807) is 14.2 Å². The third-order valence-electron chi connectivity index (χ3n) is 4.30. The average Bonchev–Trinajstić information content (AvgIpc) is 3.24. The molecular weight excluding hydrogens is 294 g/mol. The van der Waals surface area contributed by atoms with Gasteiger partial charge in [-0.2, -0.15) is 4.98 Å². The van der Waals surface area contributed by atoms with Crippen LogP contribution in [-0.4, -0.2) is 42.3 Å². The Morgan fingerprint density at radius 1 is 1.22 bits per heavy atom. The molecule has 1 aliphatic heterocycles. The molecule has 2 aromatic rings. The van der Waals surface area contributed by atoms with Gasteiger partial charge in [0.25, 0.3) is 0 Å². The van der Waals surface area contributed by atoms with E-state index in [9.17, 15) is 0 Å². The standard InChI is InChI=1S/C17H23N3O3/c1-4-16-18-17(23-19-16)11-20-6-5-12(10-20)13-7-14(21-2)9-15(8-13)22-3/h7-9,12H,4-6,10-11H2,1-3H3/t12-/m0/s1. The summed E-state index contributed by atoms with van der Waals surface area (Å²) in [6, 6.07) is 6.10. The molecule has 124 valence electrons. The molecule has 6 nitrogen and oxygen atoms in total. The summed E-state index contributed by atoms with van der Waals surface area (Å²) in [5.74, 6) is 3.61. The number of rotatable bonds is 6. The summed E-state index contributed by atoms with van der Waals surface area (Å²) >= 11 is 0. The normalized spacial score (nSPS) is 18.3. The summed E-state index contributed by atoms with van der Waals surface area (Å²) in [4.78, 5) is 6.74. The van der Waals surface area contributed by atoms with E-state index in [0.29, 0.717) is 18.4 Å². The molecule has 0 spiro atoms. The second-order valence-electron chi connectivity index (χ2n) is 5.82. The summed E-state index contributed by atoms with van der Waals surface area (Å²) < 4.78 is 16.0. The number of hydrogen-bond acceptors (Lipinski definition) is 6. The first kappa shape index (κ1) is 15.8. The number of aryl methyl sites for hydroxylation is 1. The first-order chi connectivity index (χ1) is 11.2. The van der Waals surface area contributed by atoms with Gasteiger partial charge in [-0.05, 0) is 36.6 Å². The van der Waals surface area contributed by atoms with Crippen LogP contribution in [0.15, 0.2) is 22.7 Å². The van der Waals surface area contributed by atoms with Gasteiger partial charge in [-0.3, -0.25) is 4.90 Å². The highest BCUT2D eigenvalue weighted by Gasteiger charge is 2.26. The number of methoxy groups -OCH3 is 2. The van der Waals surface area contributed by atoms with Crippen molar-refractivity contribution >= 4 is 0 Å². The maximum absolute atomic E-state index is 5.37. The Hall–Kier alpha value is -2.08. The molecule has 1 aliphatic rings. The van der Waals surface area contributed by atoms with Crippen LogP contribution in [0.25, 0.3) is 0 Å². The number of aromatic nitrogens is 2. The van der Waals surface area contributed by atoms with Gasteiger partial charge in [-0.15, -0.1) is 0 Å². The van der Waals surface area contributed by atoms with Crippen LogP contribution in [0, 0.1) is 0 Å². The van der Waals surface area contributed by atoms with Crippen LogP contribution in [0.5, 0.6) is 11.5 Å². The van der Waals surface area contributed by atoms with E-state index in [2.05, 4.69) is 27.2 Å². The van der Waals surface area contributed by atoms with Gasteiger partial charge < -0.3 is 14.0 Å². The van der Waals surface area contributed by atoms with Crippen molar-refractivity contribution in [1.82, 2.24) is 15.0 Å². The van der Waals surface area contributed by atoms with Crippen molar-refractivity contribution in [3.8, 4) is 11.5 Å². The van der Waals surface area contributed by atoms with Crippen LogP contribution in [0.3, 0.4) is 0 Å². The number of nitrogens with zero attached hydrogens (tertiary/aromatic N) is 3. The molecule has 1 fully saturated rings. The predicted molar refractivity (Wildman–Crippen MR) is 85.9 cm³/mol. The molecule has 0 aliphatic carbocycles. The minimum Gasteiger partial charge on any atom is -0.497 e. The lowest BCUT2D eigenvalue weighted by molar-refractivity contribution is 0.265. The Balaban J connectivity index is 1.67. The van der Waals surface area contributed by atoms with Crippen molar-refractivity contribution in [2.75, 3.05) is 27.3 Å². The second kappa shape index (κ2) is 7.00. The maximum Gasteiger partial charge on any atom is 0.240 e. The Labute approximate surface area is 136 Å². The summed E-state index contributed by atoms with van der Waals surface area (Å²) in [7, 11) is 3.36. The summed E-state index contributed by atoms with van der Waals surface area (Å²) in [6.07, 6.45) is 1.90. The highest BCUT2D eigenvalue weighted by molar-refractivity contribution is 5.40. The quantitative estimate of drug-likeness (QED) is 0.816. The van der Waals surface area contributed by atoms with Gasteiger partial charge in [0.05, 0.1) is 20.8 Å².